The molecule has 3 aromatic rings. The number of hydrogen-bond acceptors (Lipinski definition) is 3. The monoisotopic (exact) mass is 275 g/mol. The molecule has 0 aromatic heterocycles. The zero-order valence-electron chi connectivity index (χ0n) is 11.3. The summed E-state index contributed by atoms with van der Waals surface area (Å²) in [7, 11) is 0. The molecular weight excluding hydrogens is 262 g/mol. The third kappa shape index (κ3) is 2.80. The molecule has 0 unspecified atom stereocenters. The lowest BCUT2D eigenvalue weighted by atomic mass is 10.1. The first kappa shape index (κ1) is 13.0. The van der Waals surface area contributed by atoms with Crippen LogP contribution in [0.25, 0.3) is 10.8 Å². The third-order valence-corrected chi connectivity index (χ3v) is 3.28. The molecule has 0 heterocycles. The van der Waals surface area contributed by atoms with Gasteiger partial charge in [-0.15, -0.1) is 0 Å². The SMILES string of the molecule is N#Cc1cc(O)c2ccc(OCc3ccccc3)cc2c1. The highest BCUT2D eigenvalue weighted by molar-refractivity contribution is 5.90. The molecule has 0 fully saturated rings. The fourth-order valence-electron chi connectivity index (χ4n) is 2.22. The van der Waals surface area contributed by atoms with Gasteiger partial charge in [0, 0.05) is 5.39 Å². The van der Waals surface area contributed by atoms with Crippen LogP contribution < -0.4 is 4.74 Å². The Morgan fingerprint density at radius 2 is 1.81 bits per heavy atom. The maximum Gasteiger partial charge on any atom is 0.124 e. The van der Waals surface area contributed by atoms with Gasteiger partial charge < -0.3 is 9.84 Å². The van der Waals surface area contributed by atoms with Gasteiger partial charge in [-0.1, -0.05) is 30.3 Å². The maximum absolute atomic E-state index is 9.89. The van der Waals surface area contributed by atoms with Gasteiger partial charge in [-0.05, 0) is 41.3 Å². The van der Waals surface area contributed by atoms with E-state index in [1.165, 1.54) is 6.07 Å². The number of phenols is 1. The van der Waals surface area contributed by atoms with Gasteiger partial charge in [0.2, 0.25) is 0 Å². The number of ether oxygens (including phenoxy) is 1. The van der Waals surface area contributed by atoms with E-state index in [0.29, 0.717) is 23.3 Å². The molecule has 3 heteroatoms. The number of nitriles is 1. The van der Waals surface area contributed by atoms with Gasteiger partial charge >= 0.3 is 0 Å². The number of aromatic hydroxyl groups is 1. The number of benzene rings is 3. The second-order valence-corrected chi connectivity index (χ2v) is 4.76. The van der Waals surface area contributed by atoms with Crippen LogP contribution in [0.2, 0.25) is 0 Å². The van der Waals surface area contributed by atoms with E-state index < -0.39 is 0 Å². The Bertz CT molecular complexity index is 820. The van der Waals surface area contributed by atoms with Crippen molar-refractivity contribution in [1.29, 1.82) is 5.26 Å². The fourth-order valence-corrected chi connectivity index (χ4v) is 2.22. The van der Waals surface area contributed by atoms with Gasteiger partial charge in [0.05, 0.1) is 11.6 Å². The molecule has 0 aliphatic carbocycles. The van der Waals surface area contributed by atoms with E-state index in [4.69, 9.17) is 10.00 Å². The van der Waals surface area contributed by atoms with Gasteiger partial charge in [0.1, 0.15) is 18.1 Å². The van der Waals surface area contributed by atoms with Crippen LogP contribution in [0.1, 0.15) is 11.1 Å². The van der Waals surface area contributed by atoms with Crippen LogP contribution >= 0.6 is 0 Å². The summed E-state index contributed by atoms with van der Waals surface area (Å²) < 4.78 is 5.75. The van der Waals surface area contributed by atoms with E-state index in [1.807, 2.05) is 48.5 Å². The summed E-state index contributed by atoms with van der Waals surface area (Å²) in [6.07, 6.45) is 0. The summed E-state index contributed by atoms with van der Waals surface area (Å²) in [4.78, 5) is 0. The van der Waals surface area contributed by atoms with Crippen molar-refractivity contribution in [3.8, 4) is 17.6 Å². The largest absolute Gasteiger partial charge is 0.507 e. The van der Waals surface area contributed by atoms with Gasteiger partial charge in [0.15, 0.2) is 0 Å². The normalized spacial score (nSPS) is 10.2. The third-order valence-electron chi connectivity index (χ3n) is 3.28. The molecule has 0 saturated heterocycles. The minimum atomic E-state index is 0.110. The Kier molecular flexibility index (Phi) is 3.44. The van der Waals surface area contributed by atoms with Crippen LogP contribution in [-0.4, -0.2) is 5.11 Å². The first-order valence-corrected chi connectivity index (χ1v) is 6.60. The molecule has 0 saturated carbocycles. The molecule has 102 valence electrons. The topological polar surface area (TPSA) is 53.2 Å². The minimum absolute atomic E-state index is 0.110. The van der Waals surface area contributed by atoms with Crippen LogP contribution in [0.4, 0.5) is 0 Å². The quantitative estimate of drug-likeness (QED) is 0.786. The first-order valence-electron chi connectivity index (χ1n) is 6.60. The predicted octanol–water partition coefficient (Wildman–Crippen LogP) is 4.00. The number of nitrogens with zero attached hydrogens (tertiary/aromatic N) is 1. The Balaban J connectivity index is 1.89. The standard InChI is InChI=1S/C18H13NO2/c19-11-14-8-15-10-16(6-7-17(15)18(20)9-14)21-12-13-4-2-1-3-5-13/h1-10,20H,12H2. The average Bonchev–Trinajstić information content (AvgIpc) is 2.53. The van der Waals surface area contributed by atoms with Crippen molar-refractivity contribution < 1.29 is 9.84 Å². The number of phenolic OH excluding ortho intramolecular Hbond substituents is 1. The van der Waals surface area contributed by atoms with Gasteiger partial charge in [0.25, 0.3) is 0 Å². The molecule has 0 spiro atoms. The first-order chi connectivity index (χ1) is 10.3. The summed E-state index contributed by atoms with van der Waals surface area (Å²) in [5, 5.41) is 20.3. The van der Waals surface area contributed by atoms with E-state index in [9.17, 15) is 5.11 Å². The smallest absolute Gasteiger partial charge is 0.124 e. The Morgan fingerprint density at radius 1 is 1.00 bits per heavy atom. The molecule has 3 nitrogen and oxygen atoms in total. The Labute approximate surface area is 122 Å². The number of fused-ring (bicyclic) bond motifs is 1. The molecule has 0 atom stereocenters. The molecule has 0 radical (unpaired) electrons. The van der Waals surface area contributed by atoms with Crippen molar-refractivity contribution in [2.45, 2.75) is 6.61 Å². The summed E-state index contributed by atoms with van der Waals surface area (Å²) in [6, 6.07) is 20.6. The molecule has 3 aromatic carbocycles. The maximum atomic E-state index is 9.89. The van der Waals surface area contributed by atoms with Crippen molar-refractivity contribution >= 4 is 10.8 Å². The average molecular weight is 275 g/mol. The Hall–Kier alpha value is -2.99. The fraction of sp³-hybridized carbons (Fsp3) is 0.0556. The zero-order valence-corrected chi connectivity index (χ0v) is 11.3. The van der Waals surface area contributed by atoms with Crippen molar-refractivity contribution in [2.75, 3.05) is 0 Å². The van der Waals surface area contributed by atoms with Gasteiger partial charge in [-0.25, -0.2) is 0 Å². The van der Waals surface area contributed by atoms with Crippen molar-refractivity contribution in [1.82, 2.24) is 0 Å². The molecule has 0 amide bonds. The molecule has 0 aliphatic heterocycles. The molecule has 0 aliphatic rings. The second-order valence-electron chi connectivity index (χ2n) is 4.76. The van der Waals surface area contributed by atoms with Crippen LogP contribution in [0.5, 0.6) is 11.5 Å². The van der Waals surface area contributed by atoms with Gasteiger partial charge in [-0.3, -0.25) is 0 Å². The molecule has 21 heavy (non-hydrogen) atoms. The highest BCUT2D eigenvalue weighted by atomic mass is 16.5. The van der Waals surface area contributed by atoms with Gasteiger partial charge in [-0.2, -0.15) is 5.26 Å². The second kappa shape index (κ2) is 5.56. The lowest BCUT2D eigenvalue weighted by Gasteiger charge is -2.08. The minimum Gasteiger partial charge on any atom is -0.507 e. The summed E-state index contributed by atoms with van der Waals surface area (Å²) in [5.41, 5.74) is 1.52. The summed E-state index contributed by atoms with van der Waals surface area (Å²) >= 11 is 0. The van der Waals surface area contributed by atoms with Crippen LogP contribution in [0.3, 0.4) is 0 Å². The molecule has 1 N–H and O–H groups in total. The Morgan fingerprint density at radius 3 is 2.57 bits per heavy atom. The lowest BCUT2D eigenvalue weighted by Crippen LogP contribution is -1.94. The highest BCUT2D eigenvalue weighted by Crippen LogP contribution is 2.29. The van der Waals surface area contributed by atoms with Crippen molar-refractivity contribution in [2.24, 2.45) is 0 Å². The van der Waals surface area contributed by atoms with E-state index in [-0.39, 0.29) is 5.75 Å². The molecular formula is C18H13NO2. The van der Waals surface area contributed by atoms with Crippen LogP contribution in [0.15, 0.2) is 60.7 Å². The van der Waals surface area contributed by atoms with Crippen LogP contribution in [0, 0.1) is 11.3 Å². The van der Waals surface area contributed by atoms with Crippen molar-refractivity contribution in [3.05, 3.63) is 71.8 Å². The summed E-state index contributed by atoms with van der Waals surface area (Å²) in [6.45, 7) is 0.482. The number of hydrogen-bond donors (Lipinski definition) is 1. The van der Waals surface area contributed by atoms with E-state index in [0.717, 1.165) is 10.9 Å². The van der Waals surface area contributed by atoms with Crippen LogP contribution in [-0.2, 0) is 6.61 Å². The highest BCUT2D eigenvalue weighted by Gasteiger charge is 2.05. The number of rotatable bonds is 3. The predicted molar refractivity (Wildman–Crippen MR) is 81.1 cm³/mol. The lowest BCUT2D eigenvalue weighted by molar-refractivity contribution is 0.306. The summed E-state index contributed by atoms with van der Waals surface area (Å²) in [5.74, 6) is 0.819. The van der Waals surface area contributed by atoms with E-state index in [1.54, 1.807) is 12.1 Å². The van der Waals surface area contributed by atoms with E-state index >= 15 is 0 Å². The molecule has 3 rings (SSSR count). The zero-order chi connectivity index (χ0) is 14.7. The molecule has 0 bridgehead atoms. The van der Waals surface area contributed by atoms with E-state index in [2.05, 4.69) is 0 Å². The van der Waals surface area contributed by atoms with Crippen molar-refractivity contribution in [3.63, 3.8) is 0 Å².